The number of ether oxygens (including phenoxy) is 3. The molecule has 0 fully saturated rings. The number of nitrogens with two attached hydrogens (primary N) is 1. The Labute approximate surface area is 155 Å². The minimum absolute atomic E-state index is 0.141. The van der Waals surface area contributed by atoms with Gasteiger partial charge in [0.2, 0.25) is 0 Å². The third-order valence-electron chi connectivity index (χ3n) is 4.59. The number of hydrogen-bond acceptors (Lipinski definition) is 7. The Balaban J connectivity index is 4.52. The highest BCUT2D eigenvalue weighted by Crippen LogP contribution is 2.12. The van der Waals surface area contributed by atoms with Crippen LogP contribution in [0.1, 0.15) is 6.42 Å². The van der Waals surface area contributed by atoms with Gasteiger partial charge in [0.25, 0.3) is 0 Å². The first-order valence-corrected chi connectivity index (χ1v) is 9.22. The van der Waals surface area contributed by atoms with Gasteiger partial charge in [-0.1, -0.05) is 0 Å². The SMILES string of the molecule is COCCN(C)CCC(CN(C)CCOC)C(N)CN(C)CCOC. The third kappa shape index (κ3) is 13.6. The van der Waals surface area contributed by atoms with Crippen LogP contribution in [-0.2, 0) is 14.2 Å². The summed E-state index contributed by atoms with van der Waals surface area (Å²) in [5.74, 6) is 0.442. The van der Waals surface area contributed by atoms with Crippen LogP contribution in [0.5, 0.6) is 0 Å². The molecule has 0 saturated heterocycles. The lowest BCUT2D eigenvalue weighted by Crippen LogP contribution is -2.46. The first-order chi connectivity index (χ1) is 11.9. The summed E-state index contributed by atoms with van der Waals surface area (Å²) in [7, 11) is 11.6. The average Bonchev–Trinajstić information content (AvgIpc) is 2.59. The van der Waals surface area contributed by atoms with E-state index in [-0.39, 0.29) is 6.04 Å². The summed E-state index contributed by atoms with van der Waals surface area (Å²) in [4.78, 5) is 6.89. The van der Waals surface area contributed by atoms with Crippen LogP contribution in [0.25, 0.3) is 0 Å². The first-order valence-electron chi connectivity index (χ1n) is 9.22. The number of nitrogens with zero attached hydrogens (tertiary/aromatic N) is 3. The lowest BCUT2D eigenvalue weighted by Gasteiger charge is -2.32. The number of rotatable bonds is 17. The van der Waals surface area contributed by atoms with Crippen molar-refractivity contribution >= 4 is 0 Å². The monoisotopic (exact) mass is 362 g/mol. The fourth-order valence-electron chi connectivity index (χ4n) is 2.77. The van der Waals surface area contributed by atoms with Crippen LogP contribution in [-0.4, -0.2) is 122 Å². The molecular formula is C18H42N4O3. The van der Waals surface area contributed by atoms with Gasteiger partial charge in [-0.25, -0.2) is 0 Å². The summed E-state index contributed by atoms with van der Waals surface area (Å²) in [5, 5.41) is 0. The van der Waals surface area contributed by atoms with Gasteiger partial charge < -0.3 is 34.6 Å². The second kappa shape index (κ2) is 15.9. The maximum absolute atomic E-state index is 6.57. The minimum atomic E-state index is 0.141. The second-order valence-electron chi connectivity index (χ2n) is 7.02. The van der Waals surface area contributed by atoms with E-state index in [9.17, 15) is 0 Å². The standard InChI is InChI=1S/C18H42N4O3/c1-20(9-12-23-4)8-7-17(15-21(2)10-13-24-5)18(19)16-22(3)11-14-25-6/h17-18H,7-16,19H2,1-6H3. The fraction of sp³-hybridized carbons (Fsp3) is 1.00. The van der Waals surface area contributed by atoms with Crippen molar-refractivity contribution in [3.63, 3.8) is 0 Å². The van der Waals surface area contributed by atoms with Gasteiger partial charge >= 0.3 is 0 Å². The molecule has 2 N–H and O–H groups in total. The van der Waals surface area contributed by atoms with Crippen LogP contribution in [0, 0.1) is 5.92 Å². The molecule has 0 aromatic rings. The molecule has 0 aliphatic carbocycles. The molecule has 152 valence electrons. The number of likely N-dealkylation sites (N-methyl/N-ethyl adjacent to an activating group) is 3. The summed E-state index contributed by atoms with van der Waals surface area (Å²) < 4.78 is 15.5. The molecule has 25 heavy (non-hydrogen) atoms. The maximum atomic E-state index is 6.57. The zero-order valence-corrected chi connectivity index (χ0v) is 17.4. The number of hydrogen-bond donors (Lipinski definition) is 1. The predicted molar refractivity (Wildman–Crippen MR) is 104 cm³/mol. The van der Waals surface area contributed by atoms with Crippen LogP contribution >= 0.6 is 0 Å². The van der Waals surface area contributed by atoms with Gasteiger partial charge in [0.15, 0.2) is 0 Å². The average molecular weight is 363 g/mol. The van der Waals surface area contributed by atoms with Crippen molar-refractivity contribution in [2.24, 2.45) is 11.7 Å². The lowest BCUT2D eigenvalue weighted by molar-refractivity contribution is 0.125. The number of methoxy groups -OCH3 is 3. The Hall–Kier alpha value is -0.280. The topological polar surface area (TPSA) is 63.4 Å². The van der Waals surface area contributed by atoms with E-state index in [2.05, 4.69) is 35.8 Å². The summed E-state index contributed by atoms with van der Waals surface area (Å²) in [6, 6.07) is 0.141. The summed E-state index contributed by atoms with van der Waals surface area (Å²) in [6.07, 6.45) is 1.08. The molecule has 0 saturated carbocycles. The molecule has 0 heterocycles. The molecule has 0 aromatic heterocycles. The molecule has 0 radical (unpaired) electrons. The Bertz CT molecular complexity index is 297. The first kappa shape index (κ1) is 24.7. The van der Waals surface area contributed by atoms with E-state index in [4.69, 9.17) is 19.9 Å². The van der Waals surface area contributed by atoms with E-state index in [0.29, 0.717) is 5.92 Å². The molecule has 7 nitrogen and oxygen atoms in total. The van der Waals surface area contributed by atoms with Crippen molar-refractivity contribution < 1.29 is 14.2 Å². The van der Waals surface area contributed by atoms with Gasteiger partial charge in [-0.05, 0) is 40.0 Å². The van der Waals surface area contributed by atoms with Crippen LogP contribution in [0.15, 0.2) is 0 Å². The fourth-order valence-corrected chi connectivity index (χ4v) is 2.77. The van der Waals surface area contributed by atoms with Gasteiger partial charge in [0.1, 0.15) is 0 Å². The van der Waals surface area contributed by atoms with Crippen molar-refractivity contribution in [2.45, 2.75) is 12.5 Å². The Kier molecular flexibility index (Phi) is 15.8. The largest absolute Gasteiger partial charge is 0.383 e. The second-order valence-corrected chi connectivity index (χ2v) is 7.02. The molecule has 0 spiro atoms. The summed E-state index contributed by atoms with van der Waals surface area (Å²) in [6.45, 7) is 7.94. The minimum Gasteiger partial charge on any atom is -0.383 e. The molecular weight excluding hydrogens is 320 g/mol. The molecule has 2 unspecified atom stereocenters. The predicted octanol–water partition coefficient (Wildman–Crippen LogP) is 0.0546. The van der Waals surface area contributed by atoms with Crippen LogP contribution in [0.2, 0.25) is 0 Å². The molecule has 0 aliphatic rings. The van der Waals surface area contributed by atoms with Crippen molar-refractivity contribution in [1.82, 2.24) is 14.7 Å². The summed E-state index contributed by atoms with van der Waals surface area (Å²) >= 11 is 0. The molecule has 0 aliphatic heterocycles. The van der Waals surface area contributed by atoms with Crippen molar-refractivity contribution in [1.29, 1.82) is 0 Å². The summed E-state index contributed by atoms with van der Waals surface area (Å²) in [5.41, 5.74) is 6.57. The van der Waals surface area contributed by atoms with Gasteiger partial charge in [-0.15, -0.1) is 0 Å². The van der Waals surface area contributed by atoms with E-state index < -0.39 is 0 Å². The zero-order valence-electron chi connectivity index (χ0n) is 17.4. The van der Waals surface area contributed by atoms with E-state index in [0.717, 1.165) is 65.5 Å². The Morgan fingerprint density at radius 2 is 1.12 bits per heavy atom. The Morgan fingerprint density at radius 1 is 0.680 bits per heavy atom. The van der Waals surface area contributed by atoms with Crippen LogP contribution < -0.4 is 5.73 Å². The van der Waals surface area contributed by atoms with Crippen LogP contribution in [0.3, 0.4) is 0 Å². The van der Waals surface area contributed by atoms with Gasteiger partial charge in [0.05, 0.1) is 19.8 Å². The highest BCUT2D eigenvalue weighted by molar-refractivity contribution is 4.79. The zero-order chi connectivity index (χ0) is 19.1. The van der Waals surface area contributed by atoms with E-state index in [1.165, 1.54) is 0 Å². The van der Waals surface area contributed by atoms with Gasteiger partial charge in [-0.2, -0.15) is 0 Å². The molecule has 0 bridgehead atoms. The molecule has 0 rings (SSSR count). The van der Waals surface area contributed by atoms with Crippen molar-refractivity contribution in [3.05, 3.63) is 0 Å². The lowest BCUT2D eigenvalue weighted by atomic mass is 9.95. The molecule has 7 heteroatoms. The molecule has 2 atom stereocenters. The van der Waals surface area contributed by atoms with E-state index in [1.807, 2.05) is 0 Å². The Morgan fingerprint density at radius 3 is 1.60 bits per heavy atom. The van der Waals surface area contributed by atoms with Crippen LogP contribution in [0.4, 0.5) is 0 Å². The quantitative estimate of drug-likeness (QED) is 0.392. The van der Waals surface area contributed by atoms with Gasteiger partial charge in [-0.3, -0.25) is 0 Å². The maximum Gasteiger partial charge on any atom is 0.0589 e. The van der Waals surface area contributed by atoms with Gasteiger partial charge in [0, 0.05) is 60.1 Å². The smallest absolute Gasteiger partial charge is 0.0589 e. The highest BCUT2D eigenvalue weighted by Gasteiger charge is 2.21. The van der Waals surface area contributed by atoms with Crippen molar-refractivity contribution in [2.75, 3.05) is 102 Å². The van der Waals surface area contributed by atoms with E-state index >= 15 is 0 Å². The van der Waals surface area contributed by atoms with E-state index in [1.54, 1.807) is 21.3 Å². The molecule has 0 aromatic carbocycles. The normalized spacial score (nSPS) is 14.6. The highest BCUT2D eigenvalue weighted by atomic mass is 16.5. The molecule has 0 amide bonds. The van der Waals surface area contributed by atoms with Crippen molar-refractivity contribution in [3.8, 4) is 0 Å². The third-order valence-corrected chi connectivity index (χ3v) is 4.59.